The molecule has 0 bridgehead atoms. The molecule has 7 heteroatoms. The Hall–Kier alpha value is -0.890. The second-order valence-corrected chi connectivity index (χ2v) is 2.26. The van der Waals surface area contributed by atoms with E-state index in [0.29, 0.717) is 0 Å². The number of carbonyl (C=O) groups is 1. The SMILES string of the molecule is COC(O)C(O)C(O)COC(=O)O. The fourth-order valence-corrected chi connectivity index (χ4v) is 0.585. The molecule has 0 heterocycles. The first kappa shape index (κ1) is 12.1. The van der Waals surface area contributed by atoms with Crippen molar-refractivity contribution in [1.29, 1.82) is 0 Å². The highest BCUT2D eigenvalue weighted by molar-refractivity contribution is 5.56. The Bertz CT molecular complexity index is 159. The van der Waals surface area contributed by atoms with Gasteiger partial charge in [0.25, 0.3) is 0 Å². The van der Waals surface area contributed by atoms with Crippen molar-refractivity contribution in [2.45, 2.75) is 18.5 Å². The minimum absolute atomic E-state index is 0.628. The van der Waals surface area contributed by atoms with Crippen LogP contribution in [0.2, 0.25) is 0 Å². The van der Waals surface area contributed by atoms with E-state index in [4.69, 9.17) is 20.4 Å². The summed E-state index contributed by atoms with van der Waals surface area (Å²) in [7, 11) is 1.12. The lowest BCUT2D eigenvalue weighted by atomic mass is 10.2. The van der Waals surface area contributed by atoms with Crippen LogP contribution in [0.5, 0.6) is 0 Å². The third kappa shape index (κ3) is 4.63. The van der Waals surface area contributed by atoms with Crippen LogP contribution in [0.3, 0.4) is 0 Å². The van der Waals surface area contributed by atoms with Crippen LogP contribution in [-0.2, 0) is 9.47 Å². The van der Waals surface area contributed by atoms with Crippen LogP contribution in [0.4, 0.5) is 4.79 Å². The van der Waals surface area contributed by atoms with Gasteiger partial charge in [0.15, 0.2) is 6.29 Å². The summed E-state index contributed by atoms with van der Waals surface area (Å²) in [5.41, 5.74) is 0. The van der Waals surface area contributed by atoms with E-state index >= 15 is 0 Å². The first-order valence-corrected chi connectivity index (χ1v) is 3.41. The van der Waals surface area contributed by atoms with Crippen molar-refractivity contribution in [2.24, 2.45) is 0 Å². The summed E-state index contributed by atoms with van der Waals surface area (Å²) in [6.07, 6.45) is -6.28. The molecule has 0 aromatic heterocycles. The van der Waals surface area contributed by atoms with Crippen LogP contribution in [0.15, 0.2) is 0 Å². The monoisotopic (exact) mass is 196 g/mol. The summed E-state index contributed by atoms with van der Waals surface area (Å²) >= 11 is 0. The maximum absolute atomic E-state index is 9.86. The average molecular weight is 196 g/mol. The van der Waals surface area contributed by atoms with E-state index in [9.17, 15) is 4.79 Å². The van der Waals surface area contributed by atoms with Gasteiger partial charge >= 0.3 is 6.16 Å². The topological polar surface area (TPSA) is 116 Å². The minimum Gasteiger partial charge on any atom is -0.450 e. The highest BCUT2D eigenvalue weighted by Gasteiger charge is 2.25. The minimum atomic E-state index is -1.61. The van der Waals surface area contributed by atoms with Crippen LogP contribution in [0.1, 0.15) is 0 Å². The molecule has 0 saturated carbocycles. The highest BCUT2D eigenvalue weighted by Crippen LogP contribution is 2.01. The quantitative estimate of drug-likeness (QED) is 0.308. The zero-order valence-corrected chi connectivity index (χ0v) is 6.95. The van der Waals surface area contributed by atoms with Crippen LogP contribution in [0, 0.1) is 0 Å². The van der Waals surface area contributed by atoms with E-state index in [2.05, 4.69) is 9.47 Å². The third-order valence-electron chi connectivity index (χ3n) is 1.31. The maximum atomic E-state index is 9.86. The Morgan fingerprint density at radius 2 is 1.92 bits per heavy atom. The number of ether oxygens (including phenoxy) is 2. The van der Waals surface area contributed by atoms with Gasteiger partial charge in [-0.1, -0.05) is 0 Å². The zero-order valence-electron chi connectivity index (χ0n) is 6.95. The summed E-state index contributed by atoms with van der Waals surface area (Å²) in [6.45, 7) is -0.628. The molecule has 13 heavy (non-hydrogen) atoms. The number of aliphatic hydroxyl groups is 3. The van der Waals surface area contributed by atoms with Crippen molar-refractivity contribution < 1.29 is 34.7 Å². The summed E-state index contributed by atoms with van der Waals surface area (Å²) in [6, 6.07) is 0. The molecule has 7 nitrogen and oxygen atoms in total. The summed E-state index contributed by atoms with van der Waals surface area (Å²) < 4.78 is 8.24. The number of aliphatic hydroxyl groups excluding tert-OH is 3. The van der Waals surface area contributed by atoms with E-state index in [1.807, 2.05) is 0 Å². The molecular weight excluding hydrogens is 184 g/mol. The second-order valence-electron chi connectivity index (χ2n) is 2.26. The third-order valence-corrected chi connectivity index (χ3v) is 1.31. The van der Waals surface area contributed by atoms with E-state index in [1.165, 1.54) is 0 Å². The van der Waals surface area contributed by atoms with Gasteiger partial charge in [0.1, 0.15) is 18.8 Å². The molecule has 78 valence electrons. The van der Waals surface area contributed by atoms with Crippen LogP contribution >= 0.6 is 0 Å². The van der Waals surface area contributed by atoms with Gasteiger partial charge < -0.3 is 29.9 Å². The van der Waals surface area contributed by atoms with Gasteiger partial charge in [-0.2, -0.15) is 0 Å². The largest absolute Gasteiger partial charge is 0.505 e. The maximum Gasteiger partial charge on any atom is 0.505 e. The molecule has 0 spiro atoms. The van der Waals surface area contributed by atoms with Crippen molar-refractivity contribution in [3.8, 4) is 0 Å². The van der Waals surface area contributed by atoms with Crippen molar-refractivity contribution >= 4 is 6.16 Å². The molecule has 0 fully saturated rings. The van der Waals surface area contributed by atoms with Gasteiger partial charge in [-0.3, -0.25) is 0 Å². The number of methoxy groups -OCH3 is 1. The van der Waals surface area contributed by atoms with Crippen LogP contribution < -0.4 is 0 Å². The number of rotatable bonds is 5. The van der Waals surface area contributed by atoms with Gasteiger partial charge in [0.2, 0.25) is 0 Å². The number of carboxylic acid groups (broad SMARTS) is 1. The van der Waals surface area contributed by atoms with Crippen molar-refractivity contribution in [3.05, 3.63) is 0 Å². The van der Waals surface area contributed by atoms with Crippen molar-refractivity contribution in [3.63, 3.8) is 0 Å². The molecule has 0 aliphatic rings. The number of hydrogen-bond donors (Lipinski definition) is 4. The van der Waals surface area contributed by atoms with Crippen LogP contribution in [0.25, 0.3) is 0 Å². The fraction of sp³-hybridized carbons (Fsp3) is 0.833. The van der Waals surface area contributed by atoms with Crippen molar-refractivity contribution in [2.75, 3.05) is 13.7 Å². The molecule has 0 radical (unpaired) electrons. The van der Waals surface area contributed by atoms with E-state index in [0.717, 1.165) is 7.11 Å². The molecule has 0 aliphatic heterocycles. The Kier molecular flexibility index (Phi) is 5.31. The Labute approximate surface area is 74.1 Å². The molecule has 0 saturated heterocycles. The summed E-state index contributed by atoms with van der Waals surface area (Å²) in [5.74, 6) is 0. The predicted octanol–water partition coefficient (Wildman–Crippen LogP) is -1.63. The molecule has 0 rings (SSSR count). The highest BCUT2D eigenvalue weighted by atomic mass is 16.7. The fourth-order valence-electron chi connectivity index (χ4n) is 0.585. The van der Waals surface area contributed by atoms with E-state index in [1.54, 1.807) is 0 Å². The first-order chi connectivity index (χ1) is 5.99. The molecule has 0 aliphatic carbocycles. The van der Waals surface area contributed by atoms with Gasteiger partial charge in [0, 0.05) is 7.11 Å². The smallest absolute Gasteiger partial charge is 0.450 e. The molecule has 0 aromatic carbocycles. The Balaban J connectivity index is 3.81. The Morgan fingerprint density at radius 1 is 1.38 bits per heavy atom. The van der Waals surface area contributed by atoms with Crippen LogP contribution in [-0.4, -0.2) is 58.8 Å². The molecule has 0 amide bonds. The zero-order chi connectivity index (χ0) is 10.4. The van der Waals surface area contributed by atoms with E-state index < -0.39 is 31.3 Å². The van der Waals surface area contributed by atoms with E-state index in [-0.39, 0.29) is 0 Å². The standard InChI is InChI=1S/C6H12O7/c1-12-5(9)4(8)3(7)2-13-6(10)11/h3-5,7-9H,2H2,1H3,(H,10,11). The molecule has 4 N–H and O–H groups in total. The summed E-state index contributed by atoms with van der Waals surface area (Å²) in [5, 5.41) is 34.8. The normalized spacial score (nSPS) is 17.5. The lowest BCUT2D eigenvalue weighted by Gasteiger charge is -2.20. The van der Waals surface area contributed by atoms with Gasteiger partial charge in [-0.15, -0.1) is 0 Å². The molecule has 3 unspecified atom stereocenters. The first-order valence-electron chi connectivity index (χ1n) is 3.41. The lowest BCUT2D eigenvalue weighted by Crippen LogP contribution is -2.41. The van der Waals surface area contributed by atoms with Gasteiger partial charge in [0.05, 0.1) is 0 Å². The molecule has 3 atom stereocenters. The van der Waals surface area contributed by atoms with Crippen molar-refractivity contribution in [1.82, 2.24) is 0 Å². The van der Waals surface area contributed by atoms with Gasteiger partial charge in [-0.05, 0) is 0 Å². The molecular formula is C6H12O7. The van der Waals surface area contributed by atoms with Gasteiger partial charge in [-0.25, -0.2) is 4.79 Å². The molecule has 0 aromatic rings. The second kappa shape index (κ2) is 5.70. The predicted molar refractivity (Wildman–Crippen MR) is 39.0 cm³/mol. The number of hydrogen-bond acceptors (Lipinski definition) is 6. The lowest BCUT2D eigenvalue weighted by molar-refractivity contribution is -0.180. The summed E-state index contributed by atoms with van der Waals surface area (Å²) in [4.78, 5) is 9.86. The average Bonchev–Trinajstić information content (AvgIpc) is 2.11. The Morgan fingerprint density at radius 3 is 2.31 bits per heavy atom.